The van der Waals surface area contributed by atoms with Gasteiger partial charge in [-0.3, -0.25) is 10.1 Å². The average molecular weight is 402 g/mol. The van der Waals surface area contributed by atoms with Crippen molar-refractivity contribution in [3.05, 3.63) is 59.4 Å². The highest BCUT2D eigenvalue weighted by Gasteiger charge is 2.21. The van der Waals surface area contributed by atoms with Gasteiger partial charge in [0.05, 0.1) is 11.4 Å². The molecule has 0 aliphatic rings. The van der Waals surface area contributed by atoms with Crippen molar-refractivity contribution in [1.29, 1.82) is 0 Å². The number of hydrogen-bond donors (Lipinski definition) is 2. The number of aryl methyl sites for hydroxylation is 1. The summed E-state index contributed by atoms with van der Waals surface area (Å²) in [5, 5.41) is 5.45. The van der Waals surface area contributed by atoms with Crippen molar-refractivity contribution < 1.29 is 27.5 Å². The number of furan rings is 1. The van der Waals surface area contributed by atoms with Gasteiger partial charge >= 0.3 is 6.09 Å². The third kappa shape index (κ3) is 4.71. The highest BCUT2D eigenvalue weighted by molar-refractivity contribution is 6.08. The van der Waals surface area contributed by atoms with E-state index in [1.54, 1.807) is 27.7 Å². The molecule has 8 heteroatoms. The number of anilines is 2. The molecule has 0 saturated carbocycles. The molecule has 0 atom stereocenters. The maximum Gasteiger partial charge on any atom is 0.412 e. The third-order valence-electron chi connectivity index (χ3n) is 3.97. The number of rotatable bonds is 3. The second-order valence-corrected chi connectivity index (χ2v) is 7.47. The van der Waals surface area contributed by atoms with Gasteiger partial charge in [0.1, 0.15) is 22.8 Å². The molecule has 2 amide bonds. The molecule has 0 radical (unpaired) electrons. The molecule has 29 heavy (non-hydrogen) atoms. The summed E-state index contributed by atoms with van der Waals surface area (Å²) in [4.78, 5) is 24.7. The number of carbonyl (C=O) groups excluding carboxylic acids is 2. The van der Waals surface area contributed by atoms with Crippen LogP contribution in [0.3, 0.4) is 0 Å². The molecule has 152 valence electrons. The van der Waals surface area contributed by atoms with Crippen molar-refractivity contribution in [2.24, 2.45) is 0 Å². The molecule has 0 aliphatic carbocycles. The van der Waals surface area contributed by atoms with Crippen LogP contribution in [-0.4, -0.2) is 17.6 Å². The number of ether oxygens (including phenoxy) is 1. The number of carbonyl (C=O) groups is 2. The minimum absolute atomic E-state index is 0.0203. The van der Waals surface area contributed by atoms with E-state index in [1.165, 1.54) is 24.3 Å². The molecule has 0 aliphatic heterocycles. The van der Waals surface area contributed by atoms with Gasteiger partial charge in [0.15, 0.2) is 5.76 Å². The van der Waals surface area contributed by atoms with Crippen molar-refractivity contribution in [3.8, 4) is 0 Å². The van der Waals surface area contributed by atoms with E-state index in [-0.39, 0.29) is 17.1 Å². The van der Waals surface area contributed by atoms with Gasteiger partial charge in [-0.25, -0.2) is 13.6 Å². The minimum Gasteiger partial charge on any atom is -0.451 e. The van der Waals surface area contributed by atoms with E-state index in [1.807, 2.05) is 0 Å². The van der Waals surface area contributed by atoms with Gasteiger partial charge < -0.3 is 14.5 Å². The van der Waals surface area contributed by atoms with Crippen molar-refractivity contribution in [1.82, 2.24) is 0 Å². The predicted octanol–water partition coefficient (Wildman–Crippen LogP) is 5.62. The summed E-state index contributed by atoms with van der Waals surface area (Å²) in [6.45, 7) is 6.72. The SMILES string of the molecule is Cc1c(C(=O)Nc2cc(F)ccc2NC(=O)OC(C)(C)C)oc2ccc(F)cc12. The Morgan fingerprint density at radius 3 is 2.31 bits per heavy atom. The predicted molar refractivity (Wildman–Crippen MR) is 105 cm³/mol. The molecule has 1 aromatic heterocycles. The molecule has 0 unspecified atom stereocenters. The smallest absolute Gasteiger partial charge is 0.412 e. The number of fused-ring (bicyclic) bond motifs is 1. The highest BCUT2D eigenvalue weighted by atomic mass is 19.1. The topological polar surface area (TPSA) is 80.6 Å². The lowest BCUT2D eigenvalue weighted by atomic mass is 10.1. The van der Waals surface area contributed by atoms with Gasteiger partial charge in [0.25, 0.3) is 5.91 Å². The second kappa shape index (κ2) is 7.54. The molecule has 3 rings (SSSR count). The lowest BCUT2D eigenvalue weighted by Crippen LogP contribution is -2.27. The molecule has 0 fully saturated rings. The van der Waals surface area contributed by atoms with Crippen LogP contribution in [0.1, 0.15) is 36.9 Å². The monoisotopic (exact) mass is 402 g/mol. The van der Waals surface area contributed by atoms with E-state index in [0.717, 1.165) is 12.1 Å². The van der Waals surface area contributed by atoms with E-state index < -0.39 is 29.2 Å². The summed E-state index contributed by atoms with van der Waals surface area (Å²) in [5.74, 6) is -1.78. The lowest BCUT2D eigenvalue weighted by Gasteiger charge is -2.20. The number of halogens is 2. The fourth-order valence-electron chi connectivity index (χ4n) is 2.73. The zero-order valence-electron chi connectivity index (χ0n) is 16.4. The number of hydrogen-bond acceptors (Lipinski definition) is 4. The van der Waals surface area contributed by atoms with Crippen LogP contribution in [0.5, 0.6) is 0 Å². The second-order valence-electron chi connectivity index (χ2n) is 7.47. The van der Waals surface area contributed by atoms with Crippen LogP contribution >= 0.6 is 0 Å². The fourth-order valence-corrected chi connectivity index (χ4v) is 2.73. The molecule has 0 bridgehead atoms. The summed E-state index contributed by atoms with van der Waals surface area (Å²) in [7, 11) is 0. The van der Waals surface area contributed by atoms with E-state index in [9.17, 15) is 18.4 Å². The van der Waals surface area contributed by atoms with Gasteiger partial charge in [-0.2, -0.15) is 0 Å². The Morgan fingerprint density at radius 1 is 0.966 bits per heavy atom. The largest absolute Gasteiger partial charge is 0.451 e. The maximum atomic E-state index is 13.7. The standard InChI is InChI=1S/C21H20F2N2O4/c1-11-14-9-12(22)6-8-17(14)28-18(11)19(26)24-16-10-13(23)5-7-15(16)25-20(27)29-21(2,3)4/h5-10H,1-4H3,(H,24,26)(H,25,27). The quantitative estimate of drug-likeness (QED) is 0.596. The summed E-state index contributed by atoms with van der Waals surface area (Å²) in [5.41, 5.74) is 0.227. The van der Waals surface area contributed by atoms with Crippen LogP contribution in [0, 0.1) is 18.6 Å². The van der Waals surface area contributed by atoms with Crippen molar-refractivity contribution in [2.75, 3.05) is 10.6 Å². The van der Waals surface area contributed by atoms with Crippen LogP contribution in [-0.2, 0) is 4.74 Å². The fraction of sp³-hybridized carbons (Fsp3) is 0.238. The molecule has 1 heterocycles. The average Bonchev–Trinajstić information content (AvgIpc) is 2.92. The summed E-state index contributed by atoms with van der Waals surface area (Å²) < 4.78 is 37.9. The highest BCUT2D eigenvalue weighted by Crippen LogP contribution is 2.29. The Bertz CT molecular complexity index is 1100. The van der Waals surface area contributed by atoms with Gasteiger partial charge in [0.2, 0.25) is 0 Å². The molecule has 2 N–H and O–H groups in total. The zero-order chi connectivity index (χ0) is 21.3. The first-order valence-corrected chi connectivity index (χ1v) is 8.83. The molecule has 0 spiro atoms. The normalized spacial score (nSPS) is 11.4. The molecule has 6 nitrogen and oxygen atoms in total. The number of benzene rings is 2. The van der Waals surface area contributed by atoms with Crippen molar-refractivity contribution >= 4 is 34.3 Å². The van der Waals surface area contributed by atoms with E-state index in [0.29, 0.717) is 16.5 Å². The Labute approximate surface area is 165 Å². The van der Waals surface area contributed by atoms with Crippen LogP contribution in [0.2, 0.25) is 0 Å². The van der Waals surface area contributed by atoms with E-state index in [4.69, 9.17) is 9.15 Å². The Balaban J connectivity index is 1.88. The zero-order valence-corrected chi connectivity index (χ0v) is 16.4. The van der Waals surface area contributed by atoms with Crippen LogP contribution in [0.15, 0.2) is 40.8 Å². The maximum absolute atomic E-state index is 13.7. The van der Waals surface area contributed by atoms with Crippen LogP contribution in [0.4, 0.5) is 25.0 Å². The van der Waals surface area contributed by atoms with Crippen LogP contribution < -0.4 is 10.6 Å². The van der Waals surface area contributed by atoms with Gasteiger partial charge in [-0.05, 0) is 64.1 Å². The molecule has 2 aromatic carbocycles. The van der Waals surface area contributed by atoms with E-state index in [2.05, 4.69) is 10.6 Å². The third-order valence-corrected chi connectivity index (χ3v) is 3.97. The van der Waals surface area contributed by atoms with Gasteiger partial charge in [0, 0.05) is 10.9 Å². The molecule has 0 saturated heterocycles. The Morgan fingerprint density at radius 2 is 1.62 bits per heavy atom. The summed E-state index contributed by atoms with van der Waals surface area (Å²) >= 11 is 0. The first-order valence-electron chi connectivity index (χ1n) is 8.83. The summed E-state index contributed by atoms with van der Waals surface area (Å²) in [6, 6.07) is 7.41. The van der Waals surface area contributed by atoms with Crippen molar-refractivity contribution in [3.63, 3.8) is 0 Å². The molecule has 3 aromatic rings. The lowest BCUT2D eigenvalue weighted by molar-refractivity contribution is 0.0635. The van der Waals surface area contributed by atoms with Gasteiger partial charge in [-0.1, -0.05) is 0 Å². The van der Waals surface area contributed by atoms with Gasteiger partial charge in [-0.15, -0.1) is 0 Å². The summed E-state index contributed by atoms with van der Waals surface area (Å²) in [6.07, 6.45) is -0.755. The first kappa shape index (κ1) is 20.3. The number of nitrogens with one attached hydrogen (secondary N) is 2. The van der Waals surface area contributed by atoms with E-state index >= 15 is 0 Å². The minimum atomic E-state index is -0.755. The first-order chi connectivity index (χ1) is 13.5. The van der Waals surface area contributed by atoms with Crippen LogP contribution in [0.25, 0.3) is 11.0 Å². The Hall–Kier alpha value is -3.42. The molecular weight excluding hydrogens is 382 g/mol. The number of amides is 2. The Kier molecular flexibility index (Phi) is 5.28. The van der Waals surface area contributed by atoms with Crippen molar-refractivity contribution in [2.45, 2.75) is 33.3 Å². The molecular formula is C21H20F2N2O4.